The predicted molar refractivity (Wildman–Crippen MR) is 144 cm³/mol. The second-order valence-corrected chi connectivity index (χ2v) is 11.4. The number of carbonyl (C=O) groups excluding carboxylic acids is 1. The molecule has 2 N–H and O–H groups in total. The van der Waals surface area contributed by atoms with Gasteiger partial charge in [-0.05, 0) is 73.9 Å². The number of benzene rings is 3. The first-order valence-electron chi connectivity index (χ1n) is 12.4. The van der Waals surface area contributed by atoms with Crippen LogP contribution in [0.15, 0.2) is 65.6 Å². The summed E-state index contributed by atoms with van der Waals surface area (Å²) in [5.41, 5.74) is 6.00. The summed E-state index contributed by atoms with van der Waals surface area (Å²) in [7, 11) is -3.77. The zero-order chi connectivity index (χ0) is 26.0. The van der Waals surface area contributed by atoms with Crippen molar-refractivity contribution >= 4 is 27.2 Å². The molecule has 1 aliphatic rings. The fraction of sp³-hybridized carbons (Fsp3) is 0.345. The van der Waals surface area contributed by atoms with E-state index in [1.54, 1.807) is 24.3 Å². The second-order valence-electron chi connectivity index (χ2n) is 9.67. The van der Waals surface area contributed by atoms with Crippen molar-refractivity contribution in [3.8, 4) is 0 Å². The van der Waals surface area contributed by atoms with E-state index in [1.165, 1.54) is 0 Å². The molecule has 190 valence electrons. The average Bonchev–Trinajstić information content (AvgIpc) is 2.85. The number of carbonyl (C=O) groups is 1. The Bertz CT molecular complexity index is 1380. The van der Waals surface area contributed by atoms with Gasteiger partial charge in [-0.25, -0.2) is 8.42 Å². The summed E-state index contributed by atoms with van der Waals surface area (Å²) in [6, 6.07) is 18.3. The van der Waals surface area contributed by atoms with Crippen molar-refractivity contribution in [1.82, 2.24) is 0 Å². The van der Waals surface area contributed by atoms with Crippen molar-refractivity contribution in [3.05, 3.63) is 88.5 Å². The summed E-state index contributed by atoms with van der Waals surface area (Å²) in [5.74, 6) is 0.0369. The van der Waals surface area contributed by atoms with E-state index in [0.717, 1.165) is 27.9 Å². The number of hydrogen-bond acceptors (Lipinski definition) is 5. The minimum Gasteiger partial charge on any atom is -0.378 e. The van der Waals surface area contributed by atoms with E-state index in [9.17, 15) is 13.2 Å². The van der Waals surface area contributed by atoms with Gasteiger partial charge in [0.2, 0.25) is 0 Å². The smallest absolute Gasteiger partial charge is 0.261 e. The van der Waals surface area contributed by atoms with Crippen LogP contribution in [0.3, 0.4) is 0 Å². The van der Waals surface area contributed by atoms with Gasteiger partial charge in [0.1, 0.15) is 0 Å². The van der Waals surface area contributed by atoms with Crippen LogP contribution in [0.2, 0.25) is 0 Å². The van der Waals surface area contributed by atoms with Crippen LogP contribution < -0.4 is 10.0 Å². The van der Waals surface area contributed by atoms with Crippen LogP contribution >= 0.6 is 0 Å². The van der Waals surface area contributed by atoms with Crippen LogP contribution in [0, 0.1) is 19.8 Å². The number of rotatable bonds is 8. The molecule has 2 atom stereocenters. The maximum absolute atomic E-state index is 13.2. The number of aryl methyl sites for hydroxylation is 2. The standard InChI is InChI=1S/C29H34N2O4S/c1-6-35-28-17-27(21-8-7-9-22(15-21)29(32)18(2)3)30-26-13-12-24(16-25(26)28)36(33,34)31-23-11-10-19(4)20(5)14-23/h7-16,18,27-28,30-31H,6,17H2,1-5H3. The van der Waals surface area contributed by atoms with Gasteiger partial charge in [0.05, 0.1) is 17.0 Å². The zero-order valence-electron chi connectivity index (χ0n) is 21.5. The molecule has 3 aromatic rings. The normalized spacial score (nSPS) is 17.4. The van der Waals surface area contributed by atoms with Gasteiger partial charge in [0, 0.05) is 41.4 Å². The Balaban J connectivity index is 1.64. The van der Waals surface area contributed by atoms with Gasteiger partial charge in [0.15, 0.2) is 5.78 Å². The third-order valence-electron chi connectivity index (χ3n) is 6.68. The van der Waals surface area contributed by atoms with Crippen molar-refractivity contribution in [2.75, 3.05) is 16.6 Å². The van der Waals surface area contributed by atoms with Gasteiger partial charge in [-0.15, -0.1) is 0 Å². The van der Waals surface area contributed by atoms with Crippen molar-refractivity contribution in [1.29, 1.82) is 0 Å². The number of fused-ring (bicyclic) bond motifs is 1. The van der Waals surface area contributed by atoms with E-state index in [-0.39, 0.29) is 28.7 Å². The molecule has 0 saturated heterocycles. The lowest BCUT2D eigenvalue weighted by molar-refractivity contribution is 0.0497. The topological polar surface area (TPSA) is 84.5 Å². The zero-order valence-corrected chi connectivity index (χ0v) is 22.3. The maximum atomic E-state index is 13.2. The highest BCUT2D eigenvalue weighted by Crippen LogP contribution is 2.42. The summed E-state index contributed by atoms with van der Waals surface area (Å²) in [4.78, 5) is 12.7. The molecule has 0 spiro atoms. The minimum atomic E-state index is -3.77. The van der Waals surface area contributed by atoms with Crippen LogP contribution in [-0.2, 0) is 14.8 Å². The van der Waals surface area contributed by atoms with Crippen molar-refractivity contribution < 1.29 is 17.9 Å². The molecule has 3 aromatic carbocycles. The van der Waals surface area contributed by atoms with E-state index in [4.69, 9.17) is 4.74 Å². The molecule has 0 aliphatic carbocycles. The Hall–Kier alpha value is -3.16. The molecular weight excluding hydrogens is 472 g/mol. The van der Waals surface area contributed by atoms with Gasteiger partial charge in [-0.3, -0.25) is 9.52 Å². The van der Waals surface area contributed by atoms with Gasteiger partial charge < -0.3 is 10.1 Å². The molecule has 1 heterocycles. The second kappa shape index (κ2) is 10.4. The summed E-state index contributed by atoms with van der Waals surface area (Å²) in [5, 5.41) is 3.53. The largest absolute Gasteiger partial charge is 0.378 e. The number of Topliss-reactive ketones (excluding diaryl/α,β-unsaturated/α-hetero) is 1. The first-order valence-corrected chi connectivity index (χ1v) is 13.8. The molecule has 0 saturated carbocycles. The highest BCUT2D eigenvalue weighted by molar-refractivity contribution is 7.92. The quantitative estimate of drug-likeness (QED) is 0.337. The molecule has 1 aliphatic heterocycles. The van der Waals surface area contributed by atoms with E-state index in [0.29, 0.717) is 24.3 Å². The number of hydrogen-bond donors (Lipinski definition) is 2. The highest BCUT2D eigenvalue weighted by atomic mass is 32.2. The predicted octanol–water partition coefficient (Wildman–Crippen LogP) is 6.58. The van der Waals surface area contributed by atoms with Crippen LogP contribution in [0.4, 0.5) is 11.4 Å². The fourth-order valence-electron chi connectivity index (χ4n) is 4.53. The van der Waals surface area contributed by atoms with Crippen LogP contribution in [0.25, 0.3) is 0 Å². The van der Waals surface area contributed by atoms with Crippen LogP contribution in [0.5, 0.6) is 0 Å². The lowest BCUT2D eigenvalue weighted by atomic mass is 9.89. The van der Waals surface area contributed by atoms with E-state index in [1.807, 2.05) is 71.0 Å². The first-order chi connectivity index (χ1) is 17.1. The molecule has 6 nitrogen and oxygen atoms in total. The molecule has 7 heteroatoms. The molecule has 0 amide bonds. The Kier molecular flexibility index (Phi) is 7.52. The van der Waals surface area contributed by atoms with Gasteiger partial charge in [0.25, 0.3) is 10.0 Å². The van der Waals surface area contributed by atoms with Crippen molar-refractivity contribution in [2.24, 2.45) is 5.92 Å². The van der Waals surface area contributed by atoms with Gasteiger partial charge in [-0.1, -0.05) is 38.1 Å². The number of ketones is 1. The molecule has 4 rings (SSSR count). The molecule has 0 aromatic heterocycles. The third-order valence-corrected chi connectivity index (χ3v) is 8.06. The van der Waals surface area contributed by atoms with Gasteiger partial charge in [-0.2, -0.15) is 0 Å². The van der Waals surface area contributed by atoms with Gasteiger partial charge >= 0.3 is 0 Å². The molecule has 36 heavy (non-hydrogen) atoms. The Morgan fingerprint density at radius 1 is 1.06 bits per heavy atom. The molecule has 0 radical (unpaired) electrons. The van der Waals surface area contributed by atoms with Crippen molar-refractivity contribution in [2.45, 2.75) is 58.1 Å². The first kappa shape index (κ1) is 25.9. The Morgan fingerprint density at radius 2 is 1.83 bits per heavy atom. The monoisotopic (exact) mass is 506 g/mol. The number of nitrogens with one attached hydrogen (secondary N) is 2. The lowest BCUT2D eigenvalue weighted by Gasteiger charge is -2.34. The van der Waals surface area contributed by atoms with Crippen LogP contribution in [0.1, 0.15) is 71.9 Å². The van der Waals surface area contributed by atoms with Crippen molar-refractivity contribution in [3.63, 3.8) is 0 Å². The third kappa shape index (κ3) is 5.47. The number of ether oxygens (including phenoxy) is 1. The number of anilines is 2. The van der Waals surface area contributed by atoms with E-state index in [2.05, 4.69) is 10.0 Å². The van der Waals surface area contributed by atoms with Crippen LogP contribution in [-0.4, -0.2) is 20.8 Å². The molecular formula is C29H34N2O4S. The summed E-state index contributed by atoms with van der Waals surface area (Å²) >= 11 is 0. The van der Waals surface area contributed by atoms with E-state index < -0.39 is 10.0 Å². The summed E-state index contributed by atoms with van der Waals surface area (Å²) in [6.45, 7) is 10.2. The minimum absolute atomic E-state index is 0.0647. The van der Waals surface area contributed by atoms with E-state index >= 15 is 0 Å². The number of sulfonamides is 1. The fourth-order valence-corrected chi connectivity index (χ4v) is 5.62. The lowest BCUT2D eigenvalue weighted by Crippen LogP contribution is -2.24. The average molecular weight is 507 g/mol. The SMILES string of the molecule is CCOC1CC(c2cccc(C(=O)C(C)C)c2)Nc2ccc(S(=O)(=O)Nc3ccc(C)c(C)c3)cc21. The maximum Gasteiger partial charge on any atom is 0.261 e. The Labute approximate surface area is 214 Å². The molecule has 2 unspecified atom stereocenters. The summed E-state index contributed by atoms with van der Waals surface area (Å²) < 4.78 is 35.1. The Morgan fingerprint density at radius 3 is 2.53 bits per heavy atom. The highest BCUT2D eigenvalue weighted by Gasteiger charge is 2.30. The molecule has 0 bridgehead atoms. The molecule has 0 fully saturated rings. The summed E-state index contributed by atoms with van der Waals surface area (Å²) in [6.07, 6.45) is 0.339.